The van der Waals surface area contributed by atoms with E-state index in [1.165, 1.54) is 37.9 Å². The zero-order valence-electron chi connectivity index (χ0n) is 13.1. The van der Waals surface area contributed by atoms with Crippen molar-refractivity contribution in [3.63, 3.8) is 0 Å². The molecule has 2 aliphatic rings. The molecular formula is C16H31NOS. The van der Waals surface area contributed by atoms with E-state index in [0.29, 0.717) is 10.8 Å². The number of hydrogen-bond acceptors (Lipinski definition) is 3. The lowest BCUT2D eigenvalue weighted by Gasteiger charge is -2.49. The van der Waals surface area contributed by atoms with Crippen LogP contribution in [0.15, 0.2) is 0 Å². The fraction of sp³-hybridized carbons (Fsp3) is 1.00. The minimum absolute atomic E-state index is 0.281. The summed E-state index contributed by atoms with van der Waals surface area (Å²) in [6.07, 6.45) is 6.50. The number of rotatable bonds is 5. The van der Waals surface area contributed by atoms with E-state index in [0.717, 1.165) is 19.1 Å². The Hall–Kier alpha value is 0.270. The highest BCUT2D eigenvalue weighted by atomic mass is 32.2. The first-order chi connectivity index (χ1) is 8.94. The molecule has 1 N–H and O–H groups in total. The zero-order valence-corrected chi connectivity index (χ0v) is 13.9. The normalized spacial score (nSPS) is 28.1. The Balaban J connectivity index is 1.90. The van der Waals surface area contributed by atoms with Crippen molar-refractivity contribution >= 4 is 11.8 Å². The van der Waals surface area contributed by atoms with Gasteiger partial charge in [-0.15, -0.1) is 0 Å². The summed E-state index contributed by atoms with van der Waals surface area (Å²) in [6.45, 7) is 11.2. The fourth-order valence-corrected chi connectivity index (χ4v) is 4.36. The zero-order chi connectivity index (χ0) is 13.9. The van der Waals surface area contributed by atoms with E-state index in [1.807, 2.05) is 0 Å². The van der Waals surface area contributed by atoms with Gasteiger partial charge in [0.05, 0.1) is 5.60 Å². The van der Waals surface area contributed by atoms with Crippen molar-refractivity contribution < 1.29 is 4.74 Å². The molecule has 1 saturated heterocycles. The molecule has 1 spiro atoms. The molecule has 2 rings (SSSR count). The van der Waals surface area contributed by atoms with Crippen LogP contribution in [0.3, 0.4) is 0 Å². The van der Waals surface area contributed by atoms with Crippen LogP contribution in [0.5, 0.6) is 0 Å². The standard InChI is InChI=1S/C16H31NOS/c1-5-17-14(12-19-15(2,3)4)13-7-10-18-16(11-13)8-6-9-16/h13-14,17H,5-12H2,1-4H3. The van der Waals surface area contributed by atoms with Crippen molar-refractivity contribution in [2.24, 2.45) is 5.92 Å². The summed E-state index contributed by atoms with van der Waals surface area (Å²) in [7, 11) is 0. The first kappa shape index (κ1) is 15.7. The van der Waals surface area contributed by atoms with Crippen molar-refractivity contribution in [1.29, 1.82) is 0 Å². The molecule has 0 aromatic carbocycles. The lowest BCUT2D eigenvalue weighted by atomic mass is 9.70. The third-order valence-corrected chi connectivity index (χ3v) is 5.92. The van der Waals surface area contributed by atoms with Crippen LogP contribution in [-0.4, -0.2) is 35.3 Å². The molecule has 1 aliphatic heterocycles. The Kier molecular flexibility index (Phi) is 5.24. The second-order valence-corrected chi connectivity index (χ2v) is 9.07. The quantitative estimate of drug-likeness (QED) is 0.829. The van der Waals surface area contributed by atoms with Crippen LogP contribution in [0.2, 0.25) is 0 Å². The van der Waals surface area contributed by atoms with Crippen molar-refractivity contribution in [1.82, 2.24) is 5.32 Å². The van der Waals surface area contributed by atoms with Crippen molar-refractivity contribution in [2.75, 3.05) is 18.9 Å². The summed E-state index contributed by atoms with van der Waals surface area (Å²) < 4.78 is 6.44. The topological polar surface area (TPSA) is 21.3 Å². The summed E-state index contributed by atoms with van der Waals surface area (Å²) in [4.78, 5) is 0. The van der Waals surface area contributed by atoms with E-state index in [9.17, 15) is 0 Å². The highest BCUT2D eigenvalue weighted by molar-refractivity contribution is 8.00. The van der Waals surface area contributed by atoms with Gasteiger partial charge >= 0.3 is 0 Å². The van der Waals surface area contributed by atoms with Crippen LogP contribution in [0.4, 0.5) is 0 Å². The van der Waals surface area contributed by atoms with Crippen LogP contribution < -0.4 is 5.32 Å². The predicted octanol–water partition coefficient (Wildman–Crippen LogP) is 3.85. The van der Waals surface area contributed by atoms with Gasteiger partial charge in [-0.3, -0.25) is 0 Å². The first-order valence-corrected chi connectivity index (χ1v) is 8.94. The Labute approximate surface area is 123 Å². The molecule has 2 fully saturated rings. The predicted molar refractivity (Wildman–Crippen MR) is 84.9 cm³/mol. The van der Waals surface area contributed by atoms with Crippen molar-refractivity contribution in [2.45, 2.75) is 76.2 Å². The molecule has 2 atom stereocenters. The third-order valence-electron chi connectivity index (χ3n) is 4.53. The minimum Gasteiger partial charge on any atom is -0.375 e. The van der Waals surface area contributed by atoms with Crippen molar-refractivity contribution in [3.8, 4) is 0 Å². The molecule has 0 aromatic rings. The smallest absolute Gasteiger partial charge is 0.0685 e. The van der Waals surface area contributed by atoms with Crippen molar-refractivity contribution in [3.05, 3.63) is 0 Å². The average molecular weight is 285 g/mol. The summed E-state index contributed by atoms with van der Waals surface area (Å²) in [5, 5.41) is 3.73. The van der Waals surface area contributed by atoms with Gasteiger partial charge in [-0.1, -0.05) is 27.7 Å². The fourth-order valence-electron chi connectivity index (χ4n) is 3.29. The molecule has 2 nitrogen and oxygen atoms in total. The van der Waals surface area contributed by atoms with E-state index >= 15 is 0 Å². The summed E-state index contributed by atoms with van der Waals surface area (Å²) in [6, 6.07) is 0.663. The highest BCUT2D eigenvalue weighted by Crippen LogP contribution is 2.45. The van der Waals surface area contributed by atoms with Gasteiger partial charge in [0.15, 0.2) is 0 Å². The molecule has 1 aliphatic carbocycles. The van der Waals surface area contributed by atoms with Gasteiger partial charge in [0, 0.05) is 23.1 Å². The minimum atomic E-state index is 0.281. The molecular weight excluding hydrogens is 254 g/mol. The second kappa shape index (κ2) is 6.36. The molecule has 0 bridgehead atoms. The molecule has 0 radical (unpaired) electrons. The maximum atomic E-state index is 6.07. The molecule has 19 heavy (non-hydrogen) atoms. The van der Waals surface area contributed by atoms with Crippen LogP contribution >= 0.6 is 11.8 Å². The van der Waals surface area contributed by atoms with Gasteiger partial charge in [0.1, 0.15) is 0 Å². The number of hydrogen-bond donors (Lipinski definition) is 1. The van der Waals surface area contributed by atoms with E-state index < -0.39 is 0 Å². The van der Waals surface area contributed by atoms with Crippen LogP contribution in [0.1, 0.15) is 59.8 Å². The molecule has 2 unspecified atom stereocenters. The van der Waals surface area contributed by atoms with Crippen LogP contribution in [0.25, 0.3) is 0 Å². The molecule has 1 saturated carbocycles. The SMILES string of the molecule is CCNC(CSC(C)(C)C)C1CCOC2(CCC2)C1. The largest absolute Gasteiger partial charge is 0.375 e. The molecule has 0 amide bonds. The van der Waals surface area contributed by atoms with E-state index in [1.54, 1.807) is 0 Å². The van der Waals surface area contributed by atoms with E-state index in [-0.39, 0.29) is 5.60 Å². The molecule has 0 aromatic heterocycles. The van der Waals surface area contributed by atoms with Gasteiger partial charge in [-0.25, -0.2) is 0 Å². The Morgan fingerprint density at radius 1 is 1.37 bits per heavy atom. The molecule has 112 valence electrons. The lowest BCUT2D eigenvalue weighted by molar-refractivity contribution is -0.146. The monoisotopic (exact) mass is 285 g/mol. The number of ether oxygens (including phenoxy) is 1. The van der Waals surface area contributed by atoms with Crippen LogP contribution in [0, 0.1) is 5.92 Å². The van der Waals surface area contributed by atoms with E-state index in [4.69, 9.17) is 4.74 Å². The summed E-state index contributed by atoms with van der Waals surface area (Å²) in [5.41, 5.74) is 0.281. The van der Waals surface area contributed by atoms with E-state index in [2.05, 4.69) is 44.8 Å². The van der Waals surface area contributed by atoms with Gasteiger partial charge in [0.2, 0.25) is 0 Å². The van der Waals surface area contributed by atoms with Gasteiger partial charge < -0.3 is 10.1 Å². The highest BCUT2D eigenvalue weighted by Gasteiger charge is 2.44. The number of nitrogens with one attached hydrogen (secondary N) is 1. The van der Waals surface area contributed by atoms with Gasteiger partial charge in [-0.05, 0) is 44.6 Å². The molecule has 3 heteroatoms. The average Bonchev–Trinajstić information content (AvgIpc) is 2.31. The van der Waals surface area contributed by atoms with Gasteiger partial charge in [-0.2, -0.15) is 11.8 Å². The summed E-state index contributed by atoms with van der Waals surface area (Å²) >= 11 is 2.10. The maximum Gasteiger partial charge on any atom is 0.0685 e. The summed E-state index contributed by atoms with van der Waals surface area (Å²) in [5.74, 6) is 2.04. The Bertz CT molecular complexity index is 283. The number of thioether (sulfide) groups is 1. The second-order valence-electron chi connectivity index (χ2n) is 7.23. The first-order valence-electron chi connectivity index (χ1n) is 7.95. The third kappa shape index (κ3) is 4.37. The van der Waals surface area contributed by atoms with Gasteiger partial charge in [0.25, 0.3) is 0 Å². The maximum absolute atomic E-state index is 6.07. The Morgan fingerprint density at radius 2 is 2.11 bits per heavy atom. The van der Waals surface area contributed by atoms with Crippen LogP contribution in [-0.2, 0) is 4.74 Å². The molecule has 1 heterocycles. The Morgan fingerprint density at radius 3 is 2.63 bits per heavy atom. The lowest BCUT2D eigenvalue weighted by Crippen LogP contribution is -2.51.